The molecule has 1 nitrogen and oxygen atoms in total. The van der Waals surface area contributed by atoms with E-state index in [-0.39, 0.29) is 11.7 Å². The maximum atomic E-state index is 12.1. The molecule has 0 saturated carbocycles. The first-order valence-corrected chi connectivity index (χ1v) is 6.26. The van der Waals surface area contributed by atoms with Crippen LogP contribution in [0.3, 0.4) is 0 Å². The molecule has 0 N–H and O–H groups in total. The monoisotopic (exact) mass is 288 g/mol. The van der Waals surface area contributed by atoms with E-state index in [1.165, 1.54) is 0 Å². The van der Waals surface area contributed by atoms with Crippen molar-refractivity contribution in [2.24, 2.45) is 5.92 Å². The van der Waals surface area contributed by atoms with Gasteiger partial charge in [0.1, 0.15) is 0 Å². The highest BCUT2D eigenvalue weighted by atomic mass is 79.9. The summed E-state index contributed by atoms with van der Waals surface area (Å²) in [4.78, 5) is 12.1. The van der Waals surface area contributed by atoms with Crippen molar-refractivity contribution in [1.82, 2.24) is 0 Å². The predicted octanol–water partition coefficient (Wildman–Crippen LogP) is 4.72. The molecule has 15 heavy (non-hydrogen) atoms. The molecule has 1 aromatic rings. The summed E-state index contributed by atoms with van der Waals surface area (Å²) in [6.07, 6.45) is 1.74. The highest BCUT2D eigenvalue weighted by molar-refractivity contribution is 9.10. The maximum Gasteiger partial charge on any atom is 0.167 e. The number of benzene rings is 1. The fourth-order valence-corrected chi connectivity index (χ4v) is 2.18. The van der Waals surface area contributed by atoms with Crippen molar-refractivity contribution in [3.8, 4) is 0 Å². The highest BCUT2D eigenvalue weighted by Crippen LogP contribution is 2.25. The zero-order chi connectivity index (χ0) is 11.4. The van der Waals surface area contributed by atoms with Crippen LogP contribution in [0, 0.1) is 5.92 Å². The molecule has 0 aliphatic rings. The normalized spacial score (nSPS) is 10.7. The van der Waals surface area contributed by atoms with Crippen LogP contribution in [-0.2, 0) is 0 Å². The van der Waals surface area contributed by atoms with Crippen molar-refractivity contribution < 1.29 is 4.79 Å². The quantitative estimate of drug-likeness (QED) is 0.733. The van der Waals surface area contributed by atoms with Gasteiger partial charge < -0.3 is 0 Å². The molecule has 0 spiro atoms. The molecule has 0 atom stereocenters. The second-order valence-electron chi connectivity index (χ2n) is 3.50. The van der Waals surface area contributed by atoms with Gasteiger partial charge in [0.25, 0.3) is 0 Å². The summed E-state index contributed by atoms with van der Waals surface area (Å²) in [6, 6.07) is 5.32. The molecule has 82 valence electrons. The van der Waals surface area contributed by atoms with Gasteiger partial charge in [-0.15, -0.1) is 0 Å². The van der Waals surface area contributed by atoms with Crippen LogP contribution in [0.5, 0.6) is 0 Å². The van der Waals surface area contributed by atoms with Gasteiger partial charge in [0.05, 0.1) is 0 Å². The molecular weight excluding hydrogens is 275 g/mol. The van der Waals surface area contributed by atoms with Gasteiger partial charge in [0.2, 0.25) is 0 Å². The Hall–Kier alpha value is -0.340. The first kappa shape index (κ1) is 12.7. The minimum atomic E-state index is 0.0970. The summed E-state index contributed by atoms with van der Waals surface area (Å²) in [5.74, 6) is 0.272. The van der Waals surface area contributed by atoms with E-state index in [2.05, 4.69) is 15.9 Å². The Labute approximate surface area is 104 Å². The predicted molar refractivity (Wildman–Crippen MR) is 67.6 cm³/mol. The molecule has 1 aromatic carbocycles. The lowest BCUT2D eigenvalue weighted by molar-refractivity contribution is 0.0912. The van der Waals surface area contributed by atoms with E-state index >= 15 is 0 Å². The fourth-order valence-electron chi connectivity index (χ4n) is 1.57. The number of rotatable bonds is 4. The van der Waals surface area contributed by atoms with Crippen molar-refractivity contribution in [2.75, 3.05) is 0 Å². The van der Waals surface area contributed by atoms with Gasteiger partial charge in [0.15, 0.2) is 5.78 Å². The topological polar surface area (TPSA) is 17.1 Å². The first-order valence-electron chi connectivity index (χ1n) is 5.09. The lowest BCUT2D eigenvalue weighted by Gasteiger charge is -2.12. The van der Waals surface area contributed by atoms with Crippen molar-refractivity contribution >= 4 is 33.3 Å². The van der Waals surface area contributed by atoms with Crippen LogP contribution >= 0.6 is 27.5 Å². The van der Waals surface area contributed by atoms with Gasteiger partial charge in [-0.25, -0.2) is 0 Å². The second-order valence-corrected chi connectivity index (χ2v) is 4.79. The molecule has 1 rings (SSSR count). The fraction of sp³-hybridized carbons (Fsp3) is 0.417. The molecule has 0 radical (unpaired) electrons. The second kappa shape index (κ2) is 5.66. The summed E-state index contributed by atoms with van der Waals surface area (Å²) in [7, 11) is 0. The molecule has 0 aliphatic heterocycles. The van der Waals surface area contributed by atoms with Crippen molar-refractivity contribution in [1.29, 1.82) is 0 Å². The summed E-state index contributed by atoms with van der Waals surface area (Å²) in [6.45, 7) is 4.06. The van der Waals surface area contributed by atoms with E-state index in [0.29, 0.717) is 10.6 Å². The number of Topliss-reactive ketones (excluding diaryl/α,β-unsaturated/α-hetero) is 1. The Kier molecular flexibility index (Phi) is 4.81. The molecule has 0 fully saturated rings. The number of hydrogen-bond acceptors (Lipinski definition) is 1. The van der Waals surface area contributed by atoms with Crippen LogP contribution in [0.1, 0.15) is 37.0 Å². The molecule has 0 saturated heterocycles. The van der Waals surface area contributed by atoms with Crippen molar-refractivity contribution in [2.45, 2.75) is 26.7 Å². The number of carbonyl (C=O) groups is 1. The van der Waals surface area contributed by atoms with Gasteiger partial charge in [-0.1, -0.05) is 41.4 Å². The Morgan fingerprint density at radius 3 is 2.53 bits per heavy atom. The van der Waals surface area contributed by atoms with Gasteiger partial charge in [0, 0.05) is 21.0 Å². The molecule has 0 bridgehead atoms. The van der Waals surface area contributed by atoms with Crippen LogP contribution in [0.15, 0.2) is 22.7 Å². The first-order chi connectivity index (χ1) is 7.10. The van der Waals surface area contributed by atoms with Crippen LogP contribution in [0.2, 0.25) is 5.02 Å². The van der Waals surface area contributed by atoms with Gasteiger partial charge in [-0.3, -0.25) is 4.79 Å². The average molecular weight is 290 g/mol. The molecule has 0 aliphatic carbocycles. The largest absolute Gasteiger partial charge is 0.294 e. The maximum absolute atomic E-state index is 12.1. The summed E-state index contributed by atoms with van der Waals surface area (Å²) >= 11 is 9.26. The third-order valence-corrected chi connectivity index (χ3v) is 3.48. The Morgan fingerprint density at radius 2 is 2.00 bits per heavy atom. The molecule has 3 heteroatoms. The standard InChI is InChI=1S/C12H14BrClO/c1-3-8(4-2)12(15)10-7-9(14)5-6-11(10)13/h5-8H,3-4H2,1-2H3. The van der Waals surface area contributed by atoms with E-state index in [0.717, 1.165) is 17.3 Å². The smallest absolute Gasteiger partial charge is 0.167 e. The van der Waals surface area contributed by atoms with E-state index in [4.69, 9.17) is 11.6 Å². The highest BCUT2D eigenvalue weighted by Gasteiger charge is 2.18. The minimum Gasteiger partial charge on any atom is -0.294 e. The minimum absolute atomic E-state index is 0.0970. The number of hydrogen-bond donors (Lipinski definition) is 0. The Morgan fingerprint density at radius 1 is 1.40 bits per heavy atom. The third-order valence-electron chi connectivity index (χ3n) is 2.55. The molecule has 0 aromatic heterocycles. The van der Waals surface area contributed by atoms with Gasteiger partial charge in [-0.05, 0) is 31.0 Å². The third kappa shape index (κ3) is 3.05. The van der Waals surface area contributed by atoms with Crippen molar-refractivity contribution in [3.63, 3.8) is 0 Å². The van der Waals surface area contributed by atoms with Crippen molar-refractivity contribution in [3.05, 3.63) is 33.3 Å². The van der Waals surface area contributed by atoms with Crippen LogP contribution in [0.25, 0.3) is 0 Å². The zero-order valence-electron chi connectivity index (χ0n) is 8.89. The van der Waals surface area contributed by atoms with Gasteiger partial charge >= 0.3 is 0 Å². The van der Waals surface area contributed by atoms with Gasteiger partial charge in [-0.2, -0.15) is 0 Å². The van der Waals surface area contributed by atoms with E-state index in [9.17, 15) is 4.79 Å². The number of halogens is 2. The lowest BCUT2D eigenvalue weighted by atomic mass is 9.93. The SMILES string of the molecule is CCC(CC)C(=O)c1cc(Cl)ccc1Br. The molecule has 0 unspecified atom stereocenters. The van der Waals surface area contributed by atoms with Crippen LogP contribution < -0.4 is 0 Å². The Bertz CT molecular complexity index is 359. The zero-order valence-corrected chi connectivity index (χ0v) is 11.2. The average Bonchev–Trinajstić information content (AvgIpc) is 2.23. The Balaban J connectivity index is 3.04. The lowest BCUT2D eigenvalue weighted by Crippen LogP contribution is -2.13. The molecule has 0 heterocycles. The van der Waals surface area contributed by atoms with E-state index < -0.39 is 0 Å². The van der Waals surface area contributed by atoms with E-state index in [1.54, 1.807) is 12.1 Å². The summed E-state index contributed by atoms with van der Waals surface area (Å²) in [5, 5.41) is 0.604. The van der Waals surface area contributed by atoms with E-state index in [1.807, 2.05) is 19.9 Å². The van der Waals surface area contributed by atoms with Crippen LogP contribution in [-0.4, -0.2) is 5.78 Å². The summed E-state index contributed by atoms with van der Waals surface area (Å²) < 4.78 is 0.823. The number of carbonyl (C=O) groups excluding carboxylic acids is 1. The molecule has 0 amide bonds. The summed E-state index contributed by atoms with van der Waals surface area (Å²) in [5.41, 5.74) is 0.691. The van der Waals surface area contributed by atoms with Crippen LogP contribution in [0.4, 0.5) is 0 Å². The number of ketones is 1. The molecular formula is C12H14BrClO.